The Morgan fingerprint density at radius 1 is 1.38 bits per heavy atom. The number of nitrogens with zero attached hydrogens (tertiary/aromatic N) is 4. The molecule has 1 aliphatic heterocycles. The number of hydrogen-bond donors (Lipinski definition) is 2. The van der Waals surface area contributed by atoms with Crippen LogP contribution in [0.5, 0.6) is 0 Å². The molecular weight excluding hydrogens is 334 g/mol. The fraction of sp³-hybridized carbons (Fsp3) is 0.400. The van der Waals surface area contributed by atoms with Crippen LogP contribution in [0.1, 0.15) is 12.0 Å². The SMILES string of the molecule is NC1=N[C@](CF)(c2cc(N)ccc2F)[C@@H]2C[C@]2(Cn2ccnn2)S1. The number of aromatic nitrogens is 3. The highest BCUT2D eigenvalue weighted by Crippen LogP contribution is 2.66. The number of amidine groups is 1. The van der Waals surface area contributed by atoms with Crippen LogP contribution < -0.4 is 11.5 Å². The van der Waals surface area contributed by atoms with Crippen LogP contribution in [-0.2, 0) is 12.1 Å². The Balaban J connectivity index is 1.78. The average molecular weight is 350 g/mol. The summed E-state index contributed by atoms with van der Waals surface area (Å²) in [7, 11) is 0. The number of fused-ring (bicyclic) bond motifs is 1. The first-order valence-electron chi connectivity index (χ1n) is 7.49. The van der Waals surface area contributed by atoms with Crippen molar-refractivity contribution >= 4 is 22.6 Å². The molecule has 4 rings (SSSR count). The van der Waals surface area contributed by atoms with Crippen molar-refractivity contribution < 1.29 is 8.78 Å². The smallest absolute Gasteiger partial charge is 0.155 e. The van der Waals surface area contributed by atoms with Gasteiger partial charge < -0.3 is 11.5 Å². The van der Waals surface area contributed by atoms with Gasteiger partial charge in [0.1, 0.15) is 18.0 Å². The zero-order chi connectivity index (χ0) is 16.9. The zero-order valence-corrected chi connectivity index (χ0v) is 13.5. The number of hydrogen-bond acceptors (Lipinski definition) is 6. The molecule has 126 valence electrons. The molecule has 0 amide bonds. The van der Waals surface area contributed by atoms with Crippen molar-refractivity contribution in [2.45, 2.75) is 23.3 Å². The van der Waals surface area contributed by atoms with Gasteiger partial charge >= 0.3 is 0 Å². The van der Waals surface area contributed by atoms with E-state index in [0.29, 0.717) is 18.7 Å². The maximum atomic E-state index is 14.4. The summed E-state index contributed by atoms with van der Waals surface area (Å²) in [6.07, 6.45) is 3.99. The maximum absolute atomic E-state index is 14.4. The van der Waals surface area contributed by atoms with Gasteiger partial charge in [-0.15, -0.1) is 5.10 Å². The van der Waals surface area contributed by atoms with Crippen LogP contribution >= 0.6 is 11.8 Å². The first kappa shape index (κ1) is 15.4. The average Bonchev–Trinajstić information content (AvgIpc) is 3.02. The van der Waals surface area contributed by atoms with Crippen LogP contribution in [0.15, 0.2) is 35.6 Å². The van der Waals surface area contributed by atoms with E-state index in [0.717, 1.165) is 0 Å². The summed E-state index contributed by atoms with van der Waals surface area (Å²) in [6.45, 7) is -0.317. The Kier molecular flexibility index (Phi) is 3.31. The van der Waals surface area contributed by atoms with E-state index >= 15 is 0 Å². The van der Waals surface area contributed by atoms with Crippen molar-refractivity contribution in [1.82, 2.24) is 15.0 Å². The van der Waals surface area contributed by atoms with Crippen molar-refractivity contribution in [3.63, 3.8) is 0 Å². The summed E-state index contributed by atoms with van der Waals surface area (Å²) >= 11 is 1.40. The first-order chi connectivity index (χ1) is 11.5. The van der Waals surface area contributed by atoms with Crippen molar-refractivity contribution in [2.24, 2.45) is 16.6 Å². The summed E-state index contributed by atoms with van der Waals surface area (Å²) < 4.78 is 30.0. The monoisotopic (exact) mass is 350 g/mol. The second kappa shape index (κ2) is 5.17. The Morgan fingerprint density at radius 3 is 2.92 bits per heavy atom. The van der Waals surface area contributed by atoms with Gasteiger partial charge in [-0.2, -0.15) is 0 Å². The third kappa shape index (κ3) is 2.18. The lowest BCUT2D eigenvalue weighted by Gasteiger charge is -2.35. The van der Waals surface area contributed by atoms with E-state index in [1.807, 2.05) is 0 Å². The highest BCUT2D eigenvalue weighted by molar-refractivity contribution is 8.15. The number of alkyl halides is 1. The van der Waals surface area contributed by atoms with Crippen molar-refractivity contribution in [3.8, 4) is 0 Å². The largest absolute Gasteiger partial charge is 0.399 e. The lowest BCUT2D eigenvalue weighted by atomic mass is 9.84. The number of benzene rings is 1. The second-order valence-corrected chi connectivity index (χ2v) is 7.71. The van der Waals surface area contributed by atoms with Gasteiger partial charge in [-0.1, -0.05) is 17.0 Å². The molecule has 0 spiro atoms. The molecule has 6 nitrogen and oxygen atoms in total. The van der Waals surface area contributed by atoms with E-state index in [1.165, 1.54) is 30.0 Å². The van der Waals surface area contributed by atoms with Gasteiger partial charge in [0.25, 0.3) is 0 Å². The molecule has 0 unspecified atom stereocenters. The Morgan fingerprint density at radius 2 is 2.21 bits per heavy atom. The standard InChI is InChI=1S/C15H16F2N6S/c16-7-15(10-5-9(18)1-2-11(10)17)12-6-14(12,24-13(19)21-15)8-23-4-3-20-22-23/h1-5,12H,6-8,18H2,(H2,19,21)/t12-,14-,15-/m1/s1. The van der Waals surface area contributed by atoms with Gasteiger partial charge in [-0.25, -0.2) is 13.8 Å². The molecular formula is C15H16F2N6S. The molecule has 9 heteroatoms. The third-order valence-corrected chi connectivity index (χ3v) is 6.07. The molecule has 0 bridgehead atoms. The minimum Gasteiger partial charge on any atom is -0.399 e. The molecule has 4 N–H and O–H groups in total. The first-order valence-corrected chi connectivity index (χ1v) is 8.31. The molecule has 0 saturated heterocycles. The molecule has 3 atom stereocenters. The van der Waals surface area contributed by atoms with Gasteiger partial charge in [0.15, 0.2) is 5.17 Å². The van der Waals surface area contributed by atoms with Crippen LogP contribution in [0.25, 0.3) is 0 Å². The summed E-state index contributed by atoms with van der Waals surface area (Å²) in [6, 6.07) is 4.15. The number of anilines is 1. The van der Waals surface area contributed by atoms with Gasteiger partial charge in [-0.05, 0) is 24.6 Å². The Hall–Kier alpha value is -2.16. The fourth-order valence-electron chi connectivity index (χ4n) is 3.62. The zero-order valence-electron chi connectivity index (χ0n) is 12.7. The molecule has 1 aromatic heterocycles. The molecule has 24 heavy (non-hydrogen) atoms. The van der Waals surface area contributed by atoms with E-state index in [9.17, 15) is 8.78 Å². The number of nitrogens with two attached hydrogens (primary N) is 2. The van der Waals surface area contributed by atoms with Crippen LogP contribution in [0.2, 0.25) is 0 Å². The lowest BCUT2D eigenvalue weighted by molar-refractivity contribution is 0.259. The van der Waals surface area contributed by atoms with Gasteiger partial charge in [-0.3, -0.25) is 4.68 Å². The number of aliphatic imine (C=N–C) groups is 1. The third-order valence-electron chi connectivity index (χ3n) is 4.78. The topological polar surface area (TPSA) is 95.1 Å². The van der Waals surface area contributed by atoms with E-state index in [2.05, 4.69) is 15.3 Å². The lowest BCUT2D eigenvalue weighted by Crippen LogP contribution is -2.41. The normalized spacial score (nSPS) is 31.4. The number of thioether (sulfide) groups is 1. The Labute approximate surface area is 141 Å². The number of halogens is 2. The van der Waals surface area contributed by atoms with Gasteiger partial charge in [0.05, 0.1) is 12.7 Å². The van der Waals surface area contributed by atoms with Crippen LogP contribution in [0, 0.1) is 11.7 Å². The molecule has 1 aliphatic carbocycles. The fourth-order valence-corrected chi connectivity index (χ4v) is 5.03. The minimum atomic E-state index is -1.34. The molecule has 1 aromatic carbocycles. The maximum Gasteiger partial charge on any atom is 0.155 e. The number of nitrogen functional groups attached to an aromatic ring is 1. The molecule has 1 saturated carbocycles. The quantitative estimate of drug-likeness (QED) is 0.818. The van der Waals surface area contributed by atoms with Crippen LogP contribution in [0.3, 0.4) is 0 Å². The predicted molar refractivity (Wildman–Crippen MR) is 88.5 cm³/mol. The van der Waals surface area contributed by atoms with E-state index in [4.69, 9.17) is 11.5 Å². The van der Waals surface area contributed by atoms with Crippen molar-refractivity contribution in [1.29, 1.82) is 0 Å². The summed E-state index contributed by atoms with van der Waals surface area (Å²) in [4.78, 5) is 4.34. The van der Waals surface area contributed by atoms with Gasteiger partial charge in [0, 0.05) is 28.1 Å². The molecule has 0 radical (unpaired) electrons. The molecule has 1 fully saturated rings. The summed E-state index contributed by atoms with van der Waals surface area (Å²) in [5.41, 5.74) is 11.0. The highest BCUT2D eigenvalue weighted by Gasteiger charge is 2.68. The molecule has 2 aromatic rings. The van der Waals surface area contributed by atoms with E-state index < -0.39 is 18.0 Å². The number of rotatable bonds is 4. The molecule has 2 heterocycles. The van der Waals surface area contributed by atoms with Crippen LogP contribution in [0.4, 0.5) is 14.5 Å². The highest BCUT2D eigenvalue weighted by atomic mass is 32.2. The predicted octanol–water partition coefficient (Wildman–Crippen LogP) is 1.68. The molecule has 2 aliphatic rings. The summed E-state index contributed by atoms with van der Waals surface area (Å²) in [5, 5.41) is 8.01. The van der Waals surface area contributed by atoms with E-state index in [-0.39, 0.29) is 21.4 Å². The van der Waals surface area contributed by atoms with E-state index in [1.54, 1.807) is 17.1 Å². The van der Waals surface area contributed by atoms with Gasteiger partial charge in [0.2, 0.25) is 0 Å². The van der Waals surface area contributed by atoms with Crippen molar-refractivity contribution in [2.75, 3.05) is 12.4 Å². The minimum absolute atomic E-state index is 0.165. The second-order valence-electron chi connectivity index (χ2n) is 6.27. The van der Waals surface area contributed by atoms with Crippen LogP contribution in [-0.4, -0.2) is 31.6 Å². The van der Waals surface area contributed by atoms with Crippen molar-refractivity contribution in [3.05, 3.63) is 42.0 Å². The summed E-state index contributed by atoms with van der Waals surface area (Å²) in [5.74, 6) is -0.709. The Bertz CT molecular complexity index is 810.